The summed E-state index contributed by atoms with van der Waals surface area (Å²) in [6.07, 6.45) is 6.62. The maximum Gasteiger partial charge on any atom is 0.293 e. The van der Waals surface area contributed by atoms with Crippen molar-refractivity contribution in [1.29, 1.82) is 0 Å². The van der Waals surface area contributed by atoms with E-state index in [4.69, 9.17) is 16.3 Å². The molecule has 3 aromatic carbocycles. The lowest BCUT2D eigenvalue weighted by molar-refractivity contribution is -0.384. The number of nitro benzene ring substituents is 1. The number of nitrogens with one attached hydrogen (secondary N) is 3. The number of aromatic nitrogens is 2. The van der Waals surface area contributed by atoms with Crippen molar-refractivity contribution in [2.75, 3.05) is 49.5 Å². The Morgan fingerprint density at radius 3 is 2.60 bits per heavy atom. The van der Waals surface area contributed by atoms with E-state index in [1.807, 2.05) is 18.2 Å². The molecule has 8 rings (SSSR count). The molecule has 5 aromatic rings. The average molecular weight is 826 g/mol. The minimum Gasteiger partial charge on any atom is -0.455 e. The summed E-state index contributed by atoms with van der Waals surface area (Å²) >= 11 is 6.23. The minimum atomic E-state index is -4.59. The number of amides is 1. The van der Waals surface area contributed by atoms with Crippen LogP contribution in [0.1, 0.15) is 54.6 Å². The molecule has 58 heavy (non-hydrogen) atoms. The van der Waals surface area contributed by atoms with Gasteiger partial charge in [0.2, 0.25) is 0 Å². The molecule has 2 aliphatic heterocycles. The molecule has 0 saturated carbocycles. The van der Waals surface area contributed by atoms with Crippen molar-refractivity contribution in [2.45, 2.75) is 50.5 Å². The van der Waals surface area contributed by atoms with Crippen LogP contribution >= 0.6 is 11.6 Å². The van der Waals surface area contributed by atoms with Crippen LogP contribution < -0.4 is 19.7 Å². The zero-order valence-electron chi connectivity index (χ0n) is 32.1. The van der Waals surface area contributed by atoms with Gasteiger partial charge in [0.15, 0.2) is 0 Å². The van der Waals surface area contributed by atoms with Crippen molar-refractivity contribution < 1.29 is 28.0 Å². The molecule has 0 radical (unpaired) electrons. The molecule has 0 spiro atoms. The molecule has 4 N–H and O–H groups in total. The first-order valence-electron chi connectivity index (χ1n) is 19.2. The number of aliphatic hydroxyl groups excluding tert-OH is 1. The third kappa shape index (κ3) is 8.25. The largest absolute Gasteiger partial charge is 0.455 e. The quantitative estimate of drug-likeness (QED) is 0.0784. The number of halogens is 1. The second kappa shape index (κ2) is 15.7. The Kier molecular flexibility index (Phi) is 10.7. The van der Waals surface area contributed by atoms with Crippen LogP contribution in [0.15, 0.2) is 89.6 Å². The lowest BCUT2D eigenvalue weighted by atomic mass is 9.72. The lowest BCUT2D eigenvalue weighted by Crippen LogP contribution is -2.47. The van der Waals surface area contributed by atoms with E-state index in [-0.39, 0.29) is 35.4 Å². The highest BCUT2D eigenvalue weighted by atomic mass is 35.5. The van der Waals surface area contributed by atoms with Gasteiger partial charge in [-0.25, -0.2) is 18.1 Å². The van der Waals surface area contributed by atoms with Gasteiger partial charge >= 0.3 is 0 Å². The van der Waals surface area contributed by atoms with E-state index in [1.165, 1.54) is 35.0 Å². The first kappa shape index (κ1) is 39.4. The average Bonchev–Trinajstić information content (AvgIpc) is 3.85. The highest BCUT2D eigenvalue weighted by Gasteiger charge is 2.33. The van der Waals surface area contributed by atoms with E-state index in [0.29, 0.717) is 30.0 Å². The van der Waals surface area contributed by atoms with Crippen LogP contribution in [0.4, 0.5) is 17.1 Å². The van der Waals surface area contributed by atoms with Crippen LogP contribution in [0, 0.1) is 15.5 Å². The van der Waals surface area contributed by atoms with Gasteiger partial charge in [-0.15, -0.1) is 0 Å². The SMILES string of the molecule is CC1(C)CCC(CN2CCN(c3ccc(C(=O)NS(=O)(=O)c4cc5c(c([N+](=O)[O-])c4)N[C@@H](CO)C5)c(Oc4cnc5[nH]ccc5c4)c3)CC2)=C(c2ccc(Cl)cc2)C1. The van der Waals surface area contributed by atoms with Gasteiger partial charge in [0.05, 0.1) is 34.2 Å². The Morgan fingerprint density at radius 2 is 1.86 bits per heavy atom. The van der Waals surface area contributed by atoms with Crippen LogP contribution in [0.3, 0.4) is 0 Å². The number of ether oxygens (including phenoxy) is 1. The van der Waals surface area contributed by atoms with Gasteiger partial charge in [0.1, 0.15) is 22.8 Å². The number of fused-ring (bicyclic) bond motifs is 2. The number of aromatic amines is 1. The van der Waals surface area contributed by atoms with Crippen molar-refractivity contribution in [3.8, 4) is 11.5 Å². The fraction of sp³-hybridized carbons (Fsp3) is 0.333. The monoisotopic (exact) mass is 825 g/mol. The maximum atomic E-state index is 13.9. The van der Waals surface area contributed by atoms with E-state index in [2.05, 4.69) is 55.8 Å². The number of allylic oxidation sites excluding steroid dienone is 1. The molecule has 1 amide bonds. The zero-order chi connectivity index (χ0) is 40.8. The Labute approximate surface area is 341 Å². The van der Waals surface area contributed by atoms with Gasteiger partial charge in [-0.2, -0.15) is 0 Å². The third-order valence-electron chi connectivity index (χ3n) is 11.3. The molecule has 302 valence electrons. The minimum absolute atomic E-state index is 0.0558. The number of carbonyl (C=O) groups is 1. The molecule has 14 nitrogen and oxygen atoms in total. The van der Waals surface area contributed by atoms with Crippen molar-refractivity contribution in [2.24, 2.45) is 5.41 Å². The number of rotatable bonds is 11. The van der Waals surface area contributed by atoms with Gasteiger partial charge in [0.25, 0.3) is 21.6 Å². The van der Waals surface area contributed by atoms with Crippen LogP contribution in [-0.2, 0) is 16.4 Å². The van der Waals surface area contributed by atoms with E-state index in [1.54, 1.807) is 24.4 Å². The van der Waals surface area contributed by atoms with Gasteiger partial charge in [-0.05, 0) is 90.3 Å². The van der Waals surface area contributed by atoms with Crippen molar-refractivity contribution in [3.05, 3.63) is 117 Å². The van der Waals surface area contributed by atoms with Gasteiger partial charge in [0, 0.05) is 67.1 Å². The summed E-state index contributed by atoms with van der Waals surface area (Å²) in [6.45, 7) is 8.29. The summed E-state index contributed by atoms with van der Waals surface area (Å²) in [5.41, 5.74) is 5.73. The molecule has 1 atom stereocenters. The Bertz CT molecular complexity index is 2550. The number of nitro groups is 1. The number of hydrogen-bond donors (Lipinski definition) is 4. The van der Waals surface area contributed by atoms with E-state index < -0.39 is 37.5 Å². The number of carbonyl (C=O) groups excluding carboxylic acids is 1. The molecule has 16 heteroatoms. The number of nitrogens with zero attached hydrogens (tertiary/aromatic N) is 4. The van der Waals surface area contributed by atoms with Crippen molar-refractivity contribution in [3.63, 3.8) is 0 Å². The predicted octanol–water partition coefficient (Wildman–Crippen LogP) is 7.15. The number of benzene rings is 3. The Morgan fingerprint density at radius 1 is 1.09 bits per heavy atom. The second-order valence-electron chi connectivity index (χ2n) is 16.0. The maximum absolute atomic E-state index is 13.9. The normalized spacial score (nSPS) is 18.2. The molecule has 1 saturated heterocycles. The number of hydrogen-bond acceptors (Lipinski definition) is 11. The van der Waals surface area contributed by atoms with Crippen LogP contribution in [0.2, 0.25) is 5.02 Å². The van der Waals surface area contributed by atoms with E-state index in [0.717, 1.165) is 61.1 Å². The zero-order valence-corrected chi connectivity index (χ0v) is 33.7. The summed E-state index contributed by atoms with van der Waals surface area (Å²) in [6, 6.07) is 18.4. The Hall–Kier alpha value is -5.48. The van der Waals surface area contributed by atoms with Crippen LogP contribution in [0.25, 0.3) is 16.6 Å². The number of piperazine rings is 1. The fourth-order valence-electron chi connectivity index (χ4n) is 8.13. The van der Waals surface area contributed by atoms with Gasteiger partial charge in [-0.3, -0.25) is 19.8 Å². The summed E-state index contributed by atoms with van der Waals surface area (Å²) in [7, 11) is -4.59. The summed E-state index contributed by atoms with van der Waals surface area (Å²) in [5, 5.41) is 25.9. The van der Waals surface area contributed by atoms with E-state index >= 15 is 0 Å². The number of anilines is 2. The Balaban J connectivity index is 1.03. The molecule has 3 aliphatic rings. The number of H-pyrrole nitrogens is 1. The first-order valence-corrected chi connectivity index (χ1v) is 21.1. The number of aliphatic hydroxyl groups is 1. The van der Waals surface area contributed by atoms with Gasteiger partial charge < -0.3 is 25.0 Å². The molecule has 1 aliphatic carbocycles. The van der Waals surface area contributed by atoms with Crippen LogP contribution in [0.5, 0.6) is 11.5 Å². The second-order valence-corrected chi connectivity index (χ2v) is 18.1. The first-order chi connectivity index (χ1) is 27.7. The summed E-state index contributed by atoms with van der Waals surface area (Å²) < 4.78 is 35.7. The van der Waals surface area contributed by atoms with Crippen molar-refractivity contribution in [1.82, 2.24) is 19.6 Å². The van der Waals surface area contributed by atoms with E-state index in [9.17, 15) is 28.4 Å². The summed E-state index contributed by atoms with van der Waals surface area (Å²) in [5.74, 6) is -0.523. The van der Waals surface area contributed by atoms with Crippen LogP contribution in [-0.4, -0.2) is 84.6 Å². The third-order valence-corrected chi connectivity index (χ3v) is 12.8. The molecule has 4 heterocycles. The standard InChI is InChI=1S/C42H44ClN7O7S/c1-42(2)11-9-28(36(22-42)26-3-5-30(43)6-4-26)24-48-13-15-49(16-14-48)32-7-8-35(38(20-32)57-33-18-27-10-12-44-40(27)45-23-33)41(52)47-58(55,56)34-19-29-17-31(25-51)46-39(29)37(21-34)50(53)54/h3-8,10,12,18-21,23,31,46,51H,9,11,13-17,22,24-25H2,1-2H3,(H,44,45)(H,47,52)/t31-/m1/s1. The molecule has 0 bridgehead atoms. The molecular weight excluding hydrogens is 782 g/mol. The number of sulfonamides is 1. The fourth-order valence-corrected chi connectivity index (χ4v) is 9.29. The topological polar surface area (TPSA) is 183 Å². The molecule has 1 fully saturated rings. The highest BCUT2D eigenvalue weighted by molar-refractivity contribution is 7.90. The number of pyridine rings is 1. The smallest absolute Gasteiger partial charge is 0.293 e. The lowest BCUT2D eigenvalue weighted by Gasteiger charge is -2.39. The molecular formula is C42H44ClN7O7S. The predicted molar refractivity (Wildman–Crippen MR) is 223 cm³/mol. The molecule has 2 aromatic heterocycles. The van der Waals surface area contributed by atoms with Gasteiger partial charge in [-0.1, -0.05) is 43.2 Å². The molecule has 0 unspecified atom stereocenters. The summed E-state index contributed by atoms with van der Waals surface area (Å²) in [4.78, 5) is 36.8. The van der Waals surface area contributed by atoms with Crippen molar-refractivity contribution >= 4 is 61.2 Å². The highest BCUT2D eigenvalue weighted by Crippen LogP contribution is 2.44.